The highest BCUT2D eigenvalue weighted by atomic mass is 32.1. The van der Waals surface area contributed by atoms with Crippen molar-refractivity contribution in [1.29, 1.82) is 0 Å². The molecule has 2 heterocycles. The Balaban J connectivity index is 1.87. The first-order valence-corrected chi connectivity index (χ1v) is 6.22. The molecular weight excluding hydrogens is 236 g/mol. The van der Waals surface area contributed by atoms with E-state index in [2.05, 4.69) is 4.98 Å². The van der Waals surface area contributed by atoms with Gasteiger partial charge in [0.2, 0.25) is 0 Å². The summed E-state index contributed by atoms with van der Waals surface area (Å²) in [6.07, 6.45) is 4.08. The number of ketones is 1. The van der Waals surface area contributed by atoms with E-state index in [0.29, 0.717) is 19.4 Å². The van der Waals surface area contributed by atoms with Gasteiger partial charge in [-0.1, -0.05) is 6.07 Å². The maximum absolute atomic E-state index is 11.7. The van der Waals surface area contributed by atoms with E-state index in [1.807, 2.05) is 17.5 Å². The molecule has 0 saturated carbocycles. The van der Waals surface area contributed by atoms with Crippen molar-refractivity contribution in [2.24, 2.45) is 0 Å². The third-order valence-corrected chi connectivity index (χ3v) is 3.30. The molecule has 0 aliphatic carbocycles. The molecule has 2 rings (SSSR count). The number of aryl methyl sites for hydroxylation is 1. The zero-order chi connectivity index (χ0) is 12.1. The number of carbonyl (C=O) groups excluding carboxylic acids is 1. The first kappa shape index (κ1) is 11.7. The number of hydrogen-bond acceptors (Lipinski definition) is 4. The predicted octanol–water partition coefficient (Wildman–Crippen LogP) is 1.97. The van der Waals surface area contributed by atoms with Gasteiger partial charge in [0.1, 0.15) is 0 Å². The van der Waals surface area contributed by atoms with Crippen LogP contribution in [0.2, 0.25) is 0 Å². The molecule has 0 aromatic carbocycles. The van der Waals surface area contributed by atoms with Gasteiger partial charge in [-0.15, -0.1) is 11.3 Å². The van der Waals surface area contributed by atoms with Crippen LogP contribution >= 0.6 is 11.3 Å². The number of rotatable bonds is 5. The smallest absolute Gasteiger partial charge is 0.253 e. The summed E-state index contributed by atoms with van der Waals surface area (Å²) in [6, 6.07) is 5.11. The highest BCUT2D eigenvalue weighted by Gasteiger charge is 2.06. The number of carbonyl (C=O) groups is 1. The summed E-state index contributed by atoms with van der Waals surface area (Å²) in [5.74, 6) is 0.136. The minimum atomic E-state index is -0.0800. The fourth-order valence-corrected chi connectivity index (χ4v) is 2.21. The summed E-state index contributed by atoms with van der Waals surface area (Å²) in [5, 5.41) is 1.89. The molecule has 0 aliphatic heterocycles. The molecule has 0 amide bonds. The summed E-state index contributed by atoms with van der Waals surface area (Å²) in [4.78, 5) is 27.7. The fourth-order valence-electron chi connectivity index (χ4n) is 1.52. The Morgan fingerprint density at radius 1 is 1.41 bits per heavy atom. The molecule has 5 heteroatoms. The monoisotopic (exact) mass is 248 g/mol. The van der Waals surface area contributed by atoms with Crippen LogP contribution in [0.1, 0.15) is 22.5 Å². The maximum atomic E-state index is 11.7. The van der Waals surface area contributed by atoms with Crippen molar-refractivity contribution < 1.29 is 4.79 Å². The van der Waals surface area contributed by atoms with Gasteiger partial charge in [0.15, 0.2) is 5.78 Å². The summed E-state index contributed by atoms with van der Waals surface area (Å²) < 4.78 is 1.52. The first-order chi connectivity index (χ1) is 8.27. The average Bonchev–Trinajstić information content (AvgIpc) is 2.85. The zero-order valence-electron chi connectivity index (χ0n) is 9.20. The van der Waals surface area contributed by atoms with Gasteiger partial charge in [-0.25, -0.2) is 4.98 Å². The molecule has 4 nitrogen and oxygen atoms in total. The number of hydrogen-bond donors (Lipinski definition) is 0. The van der Waals surface area contributed by atoms with Crippen LogP contribution in [0.5, 0.6) is 0 Å². The molecule has 0 unspecified atom stereocenters. The SMILES string of the molecule is O=C(CCCn1cnccc1=O)c1cccs1. The second kappa shape index (κ2) is 5.54. The maximum Gasteiger partial charge on any atom is 0.253 e. The van der Waals surface area contributed by atoms with Crippen molar-refractivity contribution in [2.75, 3.05) is 0 Å². The molecule has 88 valence electrons. The lowest BCUT2D eigenvalue weighted by Crippen LogP contribution is -2.19. The second-order valence-electron chi connectivity index (χ2n) is 3.62. The topological polar surface area (TPSA) is 52.0 Å². The molecule has 0 fully saturated rings. The van der Waals surface area contributed by atoms with E-state index in [4.69, 9.17) is 0 Å². The lowest BCUT2D eigenvalue weighted by molar-refractivity contribution is 0.0982. The third kappa shape index (κ3) is 3.10. The Kier molecular flexibility index (Phi) is 3.82. The molecule has 0 atom stereocenters. The Morgan fingerprint density at radius 2 is 2.29 bits per heavy atom. The van der Waals surface area contributed by atoms with Gasteiger partial charge in [-0.05, 0) is 17.9 Å². The number of thiophene rings is 1. The molecule has 0 saturated heterocycles. The van der Waals surface area contributed by atoms with E-state index in [1.54, 1.807) is 0 Å². The van der Waals surface area contributed by atoms with Gasteiger partial charge in [0.25, 0.3) is 5.56 Å². The van der Waals surface area contributed by atoms with Crippen LogP contribution in [0.25, 0.3) is 0 Å². The second-order valence-corrected chi connectivity index (χ2v) is 4.56. The number of Topliss-reactive ketones (excluding diaryl/α,β-unsaturated/α-hetero) is 1. The molecule has 17 heavy (non-hydrogen) atoms. The highest BCUT2D eigenvalue weighted by molar-refractivity contribution is 7.12. The predicted molar refractivity (Wildman–Crippen MR) is 66.4 cm³/mol. The van der Waals surface area contributed by atoms with Crippen LogP contribution in [0.4, 0.5) is 0 Å². The van der Waals surface area contributed by atoms with Crippen molar-refractivity contribution in [2.45, 2.75) is 19.4 Å². The summed E-state index contributed by atoms with van der Waals surface area (Å²) in [6.45, 7) is 0.532. The molecule has 0 spiro atoms. The van der Waals surface area contributed by atoms with Crippen LogP contribution in [0.3, 0.4) is 0 Å². The summed E-state index contributed by atoms with van der Waals surface area (Å²) in [7, 11) is 0. The normalized spacial score (nSPS) is 10.4. The Hall–Kier alpha value is -1.75. The van der Waals surface area contributed by atoms with Gasteiger partial charge >= 0.3 is 0 Å². The Labute approximate surface area is 103 Å². The average molecular weight is 248 g/mol. The van der Waals surface area contributed by atoms with Crippen molar-refractivity contribution in [3.63, 3.8) is 0 Å². The van der Waals surface area contributed by atoms with Crippen LogP contribution < -0.4 is 5.56 Å². The minimum absolute atomic E-state index is 0.0800. The van der Waals surface area contributed by atoms with E-state index in [1.165, 1.54) is 34.5 Å². The quantitative estimate of drug-likeness (QED) is 0.760. The van der Waals surface area contributed by atoms with Crippen LogP contribution in [0.15, 0.2) is 40.9 Å². The Bertz CT molecular complexity index is 546. The van der Waals surface area contributed by atoms with Crippen LogP contribution in [0, 0.1) is 0 Å². The highest BCUT2D eigenvalue weighted by Crippen LogP contribution is 2.12. The fraction of sp³-hybridized carbons (Fsp3) is 0.250. The number of aromatic nitrogens is 2. The van der Waals surface area contributed by atoms with E-state index >= 15 is 0 Å². The van der Waals surface area contributed by atoms with Gasteiger partial charge in [0.05, 0.1) is 11.2 Å². The molecular formula is C12H12N2O2S. The molecule has 0 bridgehead atoms. The summed E-state index contributed by atoms with van der Waals surface area (Å²) >= 11 is 1.45. The van der Waals surface area contributed by atoms with Crippen molar-refractivity contribution in [3.05, 3.63) is 51.3 Å². The van der Waals surface area contributed by atoms with Crippen molar-refractivity contribution >= 4 is 17.1 Å². The van der Waals surface area contributed by atoms with E-state index in [9.17, 15) is 9.59 Å². The largest absolute Gasteiger partial charge is 0.299 e. The third-order valence-electron chi connectivity index (χ3n) is 2.39. The van der Waals surface area contributed by atoms with E-state index in [0.717, 1.165) is 4.88 Å². The zero-order valence-corrected chi connectivity index (χ0v) is 10.0. The van der Waals surface area contributed by atoms with E-state index < -0.39 is 0 Å². The van der Waals surface area contributed by atoms with Crippen molar-refractivity contribution in [3.8, 4) is 0 Å². The molecule has 2 aromatic heterocycles. The standard InChI is InChI=1S/C12H12N2O2S/c15-10(11-4-2-8-17-11)3-1-7-14-9-13-6-5-12(14)16/h2,4-6,8-9H,1,3,7H2. The molecule has 0 aliphatic rings. The lowest BCUT2D eigenvalue weighted by Gasteiger charge is -2.02. The summed E-state index contributed by atoms with van der Waals surface area (Å²) in [5.41, 5.74) is -0.0800. The first-order valence-electron chi connectivity index (χ1n) is 5.34. The van der Waals surface area contributed by atoms with Crippen LogP contribution in [-0.2, 0) is 6.54 Å². The van der Waals surface area contributed by atoms with Gasteiger partial charge < -0.3 is 0 Å². The lowest BCUT2D eigenvalue weighted by atomic mass is 10.2. The van der Waals surface area contributed by atoms with Gasteiger partial charge in [0, 0.05) is 25.2 Å². The van der Waals surface area contributed by atoms with E-state index in [-0.39, 0.29) is 11.3 Å². The molecule has 0 radical (unpaired) electrons. The minimum Gasteiger partial charge on any atom is -0.299 e. The molecule has 2 aromatic rings. The van der Waals surface area contributed by atoms with Crippen LogP contribution in [-0.4, -0.2) is 15.3 Å². The van der Waals surface area contributed by atoms with Crippen molar-refractivity contribution in [1.82, 2.24) is 9.55 Å². The molecule has 0 N–H and O–H groups in total. The number of nitrogens with zero attached hydrogens (tertiary/aromatic N) is 2. The van der Waals surface area contributed by atoms with Gasteiger partial charge in [-0.2, -0.15) is 0 Å². The van der Waals surface area contributed by atoms with Gasteiger partial charge in [-0.3, -0.25) is 14.2 Å². The Morgan fingerprint density at radius 3 is 3.00 bits per heavy atom.